The Morgan fingerprint density at radius 2 is 1.84 bits per heavy atom. The number of aliphatic hydroxyl groups is 1. The van der Waals surface area contributed by atoms with Crippen LogP contribution in [0, 0.1) is 5.92 Å². The van der Waals surface area contributed by atoms with Gasteiger partial charge in [0.2, 0.25) is 5.91 Å². The Labute approximate surface area is 267 Å². The van der Waals surface area contributed by atoms with Crippen LogP contribution in [0.1, 0.15) is 51.7 Å². The lowest BCUT2D eigenvalue weighted by atomic mass is 9.94. The molecule has 1 heterocycles. The highest BCUT2D eigenvalue weighted by Gasteiger charge is 2.28. The second kappa shape index (κ2) is 16.3. The number of carbonyl (C=O) groups is 1. The minimum Gasteiger partial charge on any atom is -0.392 e. The first-order valence-electron chi connectivity index (χ1n) is 15.6. The smallest absolute Gasteiger partial charge is 0.245 e. The van der Waals surface area contributed by atoms with E-state index in [-0.39, 0.29) is 12.5 Å². The molecule has 2 aromatic carbocycles. The molecule has 7 nitrogen and oxygen atoms in total. The van der Waals surface area contributed by atoms with Crippen molar-refractivity contribution in [2.75, 3.05) is 19.0 Å². The fourth-order valence-corrected chi connectivity index (χ4v) is 5.35. The second-order valence-electron chi connectivity index (χ2n) is 11.2. The van der Waals surface area contributed by atoms with Crippen LogP contribution >= 0.6 is 0 Å². The first kappa shape index (κ1) is 33.7. The summed E-state index contributed by atoms with van der Waals surface area (Å²) < 4.78 is 6.54. The van der Waals surface area contributed by atoms with Crippen LogP contribution in [0.5, 0.6) is 0 Å². The lowest BCUT2D eigenvalue weighted by Crippen LogP contribution is -2.47. The molecular weight excluding hydrogens is 560 g/mol. The van der Waals surface area contributed by atoms with E-state index in [1.165, 1.54) is 12.8 Å². The molecular formula is C38H46N4O3. The molecule has 3 unspecified atom stereocenters. The van der Waals surface area contributed by atoms with Crippen molar-refractivity contribution in [1.29, 1.82) is 0 Å². The average molecular weight is 607 g/mol. The SMILES string of the molecule is C=CC(=C\N=C(C)C1CC1)/C(=C/C(=C\C)CO)C(=C/C)/C(NC)OC(C)NC1C=C(c2ccccc2)c2ccccc2NC1=O. The monoisotopic (exact) mass is 606 g/mol. The quantitative estimate of drug-likeness (QED) is 0.109. The molecule has 1 saturated carbocycles. The number of para-hydroxylation sites is 1. The summed E-state index contributed by atoms with van der Waals surface area (Å²) in [5.41, 5.74) is 8.08. The normalized spacial score (nSPS) is 19.7. The van der Waals surface area contributed by atoms with E-state index >= 15 is 0 Å². The predicted molar refractivity (Wildman–Crippen MR) is 186 cm³/mol. The van der Waals surface area contributed by atoms with Crippen LogP contribution in [-0.2, 0) is 9.53 Å². The van der Waals surface area contributed by atoms with Crippen LogP contribution in [0.15, 0.2) is 125 Å². The molecule has 4 rings (SSSR count). The van der Waals surface area contributed by atoms with Crippen molar-refractivity contribution < 1.29 is 14.6 Å². The number of fused-ring (bicyclic) bond motifs is 1. The van der Waals surface area contributed by atoms with Gasteiger partial charge in [0.25, 0.3) is 0 Å². The lowest BCUT2D eigenvalue weighted by molar-refractivity contribution is -0.118. The van der Waals surface area contributed by atoms with Crippen molar-refractivity contribution in [1.82, 2.24) is 10.6 Å². The fourth-order valence-electron chi connectivity index (χ4n) is 5.35. The second-order valence-corrected chi connectivity index (χ2v) is 11.2. The number of nitrogens with zero attached hydrogens (tertiary/aromatic N) is 1. The summed E-state index contributed by atoms with van der Waals surface area (Å²) >= 11 is 0. The van der Waals surface area contributed by atoms with Crippen LogP contribution < -0.4 is 16.0 Å². The fraction of sp³-hybridized carbons (Fsp3) is 0.316. The summed E-state index contributed by atoms with van der Waals surface area (Å²) in [6.45, 7) is 11.8. The highest BCUT2D eigenvalue weighted by Crippen LogP contribution is 2.33. The minimum absolute atomic E-state index is 0.107. The molecule has 1 fully saturated rings. The molecule has 0 saturated heterocycles. The predicted octanol–water partition coefficient (Wildman–Crippen LogP) is 6.69. The number of anilines is 1. The summed E-state index contributed by atoms with van der Waals surface area (Å²) in [5, 5.41) is 19.8. The molecule has 1 amide bonds. The first-order valence-corrected chi connectivity index (χ1v) is 15.6. The standard InChI is InChI=1S/C38H46N4O3/c1-7-27(24-43)21-33(28(8-2)23-40-25(4)29-19-20-29)31(9-3)38(39-6)45-26(5)41-36-22-34(30-15-11-10-12-16-30)32-17-13-14-18-35(32)42-37(36)44/h7-18,21-23,26,29,36,38-39,41,43H,2,19-20,24H2,1,3-6H3,(H,42,44)/b27-7+,28-23+,31-9-,33-21-,40-25?. The van der Waals surface area contributed by atoms with E-state index in [0.29, 0.717) is 5.92 Å². The maximum Gasteiger partial charge on any atom is 0.245 e. The number of hydrogen-bond acceptors (Lipinski definition) is 6. The Balaban J connectivity index is 1.63. The third-order valence-electron chi connectivity index (χ3n) is 8.09. The van der Waals surface area contributed by atoms with Crippen molar-refractivity contribution >= 4 is 22.9 Å². The maximum atomic E-state index is 13.5. The summed E-state index contributed by atoms with van der Waals surface area (Å²) in [4.78, 5) is 18.2. The van der Waals surface area contributed by atoms with Gasteiger partial charge in [-0.1, -0.05) is 73.3 Å². The van der Waals surface area contributed by atoms with Crippen molar-refractivity contribution in [3.63, 3.8) is 0 Å². The van der Waals surface area contributed by atoms with E-state index in [0.717, 1.165) is 50.4 Å². The highest BCUT2D eigenvalue weighted by atomic mass is 16.5. The van der Waals surface area contributed by atoms with E-state index in [1.54, 1.807) is 6.08 Å². The topological polar surface area (TPSA) is 95.0 Å². The van der Waals surface area contributed by atoms with Gasteiger partial charge >= 0.3 is 0 Å². The Kier molecular flexibility index (Phi) is 12.2. The number of aliphatic imine (C=N–C) groups is 1. The summed E-state index contributed by atoms with van der Waals surface area (Å²) in [6.07, 6.45) is 12.7. The number of rotatable bonds is 14. The zero-order valence-corrected chi connectivity index (χ0v) is 27.0. The van der Waals surface area contributed by atoms with Gasteiger partial charge in [-0.25, -0.2) is 0 Å². The van der Waals surface area contributed by atoms with Gasteiger partial charge in [0.1, 0.15) is 18.5 Å². The van der Waals surface area contributed by atoms with Gasteiger partial charge in [-0.3, -0.25) is 20.4 Å². The van der Waals surface area contributed by atoms with Gasteiger partial charge in [0, 0.05) is 23.2 Å². The van der Waals surface area contributed by atoms with Gasteiger partial charge < -0.3 is 15.2 Å². The average Bonchev–Trinajstić information content (AvgIpc) is 3.92. The molecule has 7 heteroatoms. The van der Waals surface area contributed by atoms with Gasteiger partial charge in [-0.15, -0.1) is 0 Å². The number of nitrogens with one attached hydrogen (secondary N) is 3. The molecule has 0 bridgehead atoms. The molecule has 1 aliphatic heterocycles. The molecule has 2 aliphatic rings. The number of ether oxygens (including phenoxy) is 1. The number of benzene rings is 2. The molecule has 45 heavy (non-hydrogen) atoms. The van der Waals surface area contributed by atoms with Crippen LogP contribution in [0.25, 0.3) is 5.57 Å². The molecule has 0 radical (unpaired) electrons. The molecule has 0 spiro atoms. The van der Waals surface area contributed by atoms with Crippen molar-refractivity contribution in [3.8, 4) is 0 Å². The number of amides is 1. The summed E-state index contributed by atoms with van der Waals surface area (Å²) in [7, 11) is 1.83. The highest BCUT2D eigenvalue weighted by molar-refractivity contribution is 6.04. The number of hydrogen-bond donors (Lipinski definition) is 4. The minimum atomic E-state index is -0.656. The third kappa shape index (κ3) is 8.74. The van der Waals surface area contributed by atoms with Crippen molar-refractivity contribution in [2.24, 2.45) is 10.9 Å². The largest absolute Gasteiger partial charge is 0.392 e. The molecule has 2 aromatic rings. The number of allylic oxidation sites excluding steroid dienone is 4. The van der Waals surface area contributed by atoms with Crippen LogP contribution in [0.2, 0.25) is 0 Å². The zero-order valence-electron chi connectivity index (χ0n) is 27.0. The Bertz CT molecular complexity index is 1540. The van der Waals surface area contributed by atoms with Gasteiger partial charge in [0.05, 0.1) is 6.61 Å². The van der Waals surface area contributed by atoms with Crippen LogP contribution in [-0.4, -0.2) is 48.9 Å². The Morgan fingerprint density at radius 1 is 1.13 bits per heavy atom. The summed E-state index contributed by atoms with van der Waals surface area (Å²) in [5.74, 6) is 0.383. The van der Waals surface area contributed by atoms with Gasteiger partial charge in [-0.05, 0) is 105 Å². The van der Waals surface area contributed by atoms with Crippen molar-refractivity contribution in [3.05, 3.63) is 131 Å². The van der Waals surface area contributed by atoms with Gasteiger partial charge in [0.15, 0.2) is 0 Å². The zero-order chi connectivity index (χ0) is 32.3. The van der Waals surface area contributed by atoms with Crippen molar-refractivity contribution in [2.45, 2.75) is 59.0 Å². The van der Waals surface area contributed by atoms with E-state index in [2.05, 4.69) is 29.5 Å². The number of aliphatic hydroxyl groups excluding tert-OH is 1. The molecule has 4 N–H and O–H groups in total. The van der Waals surface area contributed by atoms with Gasteiger partial charge in [-0.2, -0.15) is 0 Å². The van der Waals surface area contributed by atoms with Crippen LogP contribution in [0.4, 0.5) is 5.69 Å². The number of carbonyl (C=O) groups excluding carboxylic acids is 1. The molecule has 3 atom stereocenters. The molecule has 236 valence electrons. The summed E-state index contributed by atoms with van der Waals surface area (Å²) in [6, 6.07) is 17.2. The Hall–Kier alpha value is -4.14. The van der Waals surface area contributed by atoms with E-state index in [1.807, 2.05) is 113 Å². The van der Waals surface area contributed by atoms with Crippen LogP contribution in [0.3, 0.4) is 0 Å². The maximum absolute atomic E-state index is 13.5. The first-order chi connectivity index (χ1) is 21.8. The number of likely N-dealkylation sites (N-methyl/N-ethyl adjacent to an activating group) is 1. The molecule has 1 aliphatic carbocycles. The van der Waals surface area contributed by atoms with E-state index in [9.17, 15) is 9.90 Å². The Morgan fingerprint density at radius 3 is 2.47 bits per heavy atom. The third-order valence-corrected chi connectivity index (χ3v) is 8.09. The molecule has 0 aromatic heterocycles. The van der Waals surface area contributed by atoms with E-state index < -0.39 is 18.5 Å². The van der Waals surface area contributed by atoms with E-state index in [4.69, 9.17) is 9.73 Å². The lowest BCUT2D eigenvalue weighted by Gasteiger charge is -2.28.